The zero-order valence-corrected chi connectivity index (χ0v) is 17.3. The van der Waals surface area contributed by atoms with Crippen LogP contribution in [0.5, 0.6) is 5.88 Å². The summed E-state index contributed by atoms with van der Waals surface area (Å²) in [7, 11) is 0. The molecule has 2 aliphatic heterocycles. The van der Waals surface area contributed by atoms with E-state index in [0.29, 0.717) is 24.1 Å². The number of anilines is 2. The molecule has 1 amide bonds. The average Bonchev–Trinajstić information content (AvgIpc) is 3.11. The van der Waals surface area contributed by atoms with Crippen LogP contribution in [0.4, 0.5) is 16.3 Å². The molecule has 4 heterocycles. The Hall–Kier alpha value is -2.61. The molecule has 2 aromatic heterocycles. The number of nitrogens with zero attached hydrogens (tertiary/aromatic N) is 5. The van der Waals surface area contributed by atoms with Crippen LogP contribution in [0, 0.1) is 0 Å². The van der Waals surface area contributed by atoms with Gasteiger partial charge in [0.05, 0.1) is 17.5 Å². The van der Waals surface area contributed by atoms with Crippen molar-refractivity contribution in [1.82, 2.24) is 19.9 Å². The lowest BCUT2D eigenvalue weighted by atomic mass is 10.1. The van der Waals surface area contributed by atoms with Gasteiger partial charge in [0.15, 0.2) is 0 Å². The molecule has 29 heavy (non-hydrogen) atoms. The number of fused-ring (bicyclic) bond motifs is 1. The van der Waals surface area contributed by atoms with E-state index in [-0.39, 0.29) is 18.3 Å². The Bertz CT molecular complexity index is 886. The van der Waals surface area contributed by atoms with E-state index in [1.54, 1.807) is 11.0 Å². The molecule has 0 N–H and O–H groups in total. The molecule has 0 bridgehead atoms. The number of likely N-dealkylation sites (tertiary alicyclic amines) is 1. The highest BCUT2D eigenvalue weighted by Gasteiger charge is 2.27. The molecule has 0 unspecified atom stereocenters. The van der Waals surface area contributed by atoms with Gasteiger partial charge in [-0.05, 0) is 26.0 Å². The van der Waals surface area contributed by atoms with Gasteiger partial charge >= 0.3 is 6.09 Å². The Morgan fingerprint density at radius 2 is 2.00 bits per heavy atom. The molecule has 0 atom stereocenters. The van der Waals surface area contributed by atoms with Gasteiger partial charge < -0.3 is 19.3 Å². The van der Waals surface area contributed by atoms with E-state index in [2.05, 4.69) is 19.9 Å². The van der Waals surface area contributed by atoms with Gasteiger partial charge in [-0.1, -0.05) is 11.6 Å². The number of amides is 1. The fraction of sp³-hybridized carbons (Fsp3) is 0.500. The third kappa shape index (κ3) is 4.53. The largest absolute Gasteiger partial charge is 0.474 e. The van der Waals surface area contributed by atoms with Crippen molar-refractivity contribution < 1.29 is 14.3 Å². The zero-order valence-electron chi connectivity index (χ0n) is 16.5. The van der Waals surface area contributed by atoms with Crippen molar-refractivity contribution in [2.75, 3.05) is 24.5 Å². The van der Waals surface area contributed by atoms with Gasteiger partial charge in [-0.2, -0.15) is 0 Å². The van der Waals surface area contributed by atoms with Crippen molar-refractivity contribution in [2.24, 2.45) is 0 Å². The van der Waals surface area contributed by atoms with E-state index in [0.717, 1.165) is 43.0 Å². The molecule has 2 aliphatic rings. The summed E-state index contributed by atoms with van der Waals surface area (Å²) in [6.07, 6.45) is 3.44. The minimum absolute atomic E-state index is 0.00666. The second-order valence-corrected chi connectivity index (χ2v) is 7.84. The second kappa shape index (κ2) is 8.41. The highest BCUT2D eigenvalue weighted by molar-refractivity contribution is 6.29. The Morgan fingerprint density at radius 3 is 2.76 bits per heavy atom. The predicted molar refractivity (Wildman–Crippen MR) is 109 cm³/mol. The van der Waals surface area contributed by atoms with Crippen LogP contribution in [0.15, 0.2) is 24.5 Å². The highest BCUT2D eigenvalue weighted by Crippen LogP contribution is 2.34. The molecule has 0 spiro atoms. The van der Waals surface area contributed by atoms with E-state index < -0.39 is 0 Å². The molecular weight excluding hydrogens is 394 g/mol. The van der Waals surface area contributed by atoms with Crippen LogP contribution in [0.1, 0.15) is 32.4 Å². The number of pyridine rings is 1. The Labute approximate surface area is 174 Å². The summed E-state index contributed by atoms with van der Waals surface area (Å²) in [4.78, 5) is 28.9. The lowest BCUT2D eigenvalue weighted by Gasteiger charge is -2.31. The molecule has 0 aliphatic carbocycles. The SMILES string of the molecule is CC(C)OC(=O)N1CCC(Oc2cc(N3CCc4nc(Cl)ccc43)ncn2)CC1. The minimum atomic E-state index is -0.260. The normalized spacial score (nSPS) is 16.8. The minimum Gasteiger partial charge on any atom is -0.474 e. The summed E-state index contributed by atoms with van der Waals surface area (Å²) in [6.45, 7) is 5.71. The second-order valence-electron chi connectivity index (χ2n) is 7.45. The van der Waals surface area contributed by atoms with Crippen molar-refractivity contribution in [3.63, 3.8) is 0 Å². The molecule has 0 radical (unpaired) electrons. The van der Waals surface area contributed by atoms with Crippen molar-refractivity contribution in [2.45, 2.75) is 45.3 Å². The summed E-state index contributed by atoms with van der Waals surface area (Å²) < 4.78 is 11.3. The molecule has 1 saturated heterocycles. The standard InChI is InChI=1S/C20H24ClN5O3/c1-13(2)28-20(27)25-8-5-14(6-9-25)29-19-11-18(22-12-23-19)26-10-7-15-16(26)3-4-17(21)24-15/h3-4,11-14H,5-10H2,1-2H3. The summed E-state index contributed by atoms with van der Waals surface area (Å²) in [5.74, 6) is 1.31. The van der Waals surface area contributed by atoms with Gasteiger partial charge in [0.25, 0.3) is 0 Å². The van der Waals surface area contributed by atoms with E-state index in [1.807, 2.05) is 26.0 Å². The van der Waals surface area contributed by atoms with Gasteiger partial charge in [0, 0.05) is 45.0 Å². The van der Waals surface area contributed by atoms with E-state index in [9.17, 15) is 4.79 Å². The number of hydrogen-bond donors (Lipinski definition) is 0. The molecule has 4 rings (SSSR count). The summed E-state index contributed by atoms with van der Waals surface area (Å²) in [5, 5.41) is 0.501. The Morgan fingerprint density at radius 1 is 1.21 bits per heavy atom. The van der Waals surface area contributed by atoms with Gasteiger partial charge in [-0.25, -0.2) is 19.7 Å². The lowest BCUT2D eigenvalue weighted by Crippen LogP contribution is -2.42. The third-order valence-electron chi connectivity index (χ3n) is 5.01. The number of ether oxygens (including phenoxy) is 2. The number of carbonyl (C=O) groups excluding carboxylic acids is 1. The van der Waals surface area contributed by atoms with Gasteiger partial charge in [0.2, 0.25) is 5.88 Å². The number of carbonyl (C=O) groups is 1. The number of aromatic nitrogens is 3. The third-order valence-corrected chi connectivity index (χ3v) is 5.22. The lowest BCUT2D eigenvalue weighted by molar-refractivity contribution is 0.0507. The maximum absolute atomic E-state index is 12.0. The molecular formula is C20H24ClN5O3. The summed E-state index contributed by atoms with van der Waals surface area (Å²) >= 11 is 6.00. The molecule has 0 aromatic carbocycles. The smallest absolute Gasteiger partial charge is 0.410 e. The molecule has 9 heteroatoms. The number of piperidine rings is 1. The average molecular weight is 418 g/mol. The van der Waals surface area contributed by atoms with Gasteiger partial charge in [-0.3, -0.25) is 0 Å². The maximum Gasteiger partial charge on any atom is 0.410 e. The van der Waals surface area contributed by atoms with E-state index in [1.165, 1.54) is 6.33 Å². The van der Waals surface area contributed by atoms with Crippen molar-refractivity contribution in [3.05, 3.63) is 35.4 Å². The van der Waals surface area contributed by atoms with E-state index in [4.69, 9.17) is 21.1 Å². The van der Waals surface area contributed by atoms with Crippen molar-refractivity contribution >= 4 is 29.2 Å². The number of hydrogen-bond acceptors (Lipinski definition) is 7. The molecule has 2 aromatic rings. The van der Waals surface area contributed by atoms with Crippen LogP contribution < -0.4 is 9.64 Å². The number of halogens is 1. The fourth-order valence-electron chi connectivity index (χ4n) is 3.62. The quantitative estimate of drug-likeness (QED) is 0.703. The van der Waals surface area contributed by atoms with Crippen LogP contribution >= 0.6 is 11.6 Å². The first kappa shape index (κ1) is 19.7. The van der Waals surface area contributed by atoms with Crippen LogP contribution in [0.2, 0.25) is 5.15 Å². The van der Waals surface area contributed by atoms with Gasteiger partial charge in [-0.15, -0.1) is 0 Å². The topological polar surface area (TPSA) is 80.7 Å². The predicted octanol–water partition coefficient (Wildman–Crippen LogP) is 3.61. The summed E-state index contributed by atoms with van der Waals surface area (Å²) in [5.41, 5.74) is 1.98. The van der Waals surface area contributed by atoms with E-state index >= 15 is 0 Å². The van der Waals surface area contributed by atoms with Crippen LogP contribution in [0.3, 0.4) is 0 Å². The zero-order chi connectivity index (χ0) is 20.4. The van der Waals surface area contributed by atoms with Gasteiger partial charge in [0.1, 0.15) is 23.4 Å². The van der Waals surface area contributed by atoms with Crippen molar-refractivity contribution in [3.8, 4) is 5.88 Å². The molecule has 1 fully saturated rings. The van der Waals surface area contributed by atoms with Crippen molar-refractivity contribution in [1.29, 1.82) is 0 Å². The first-order valence-electron chi connectivity index (χ1n) is 9.87. The Kier molecular flexibility index (Phi) is 5.71. The molecule has 154 valence electrons. The van der Waals surface area contributed by atoms with Crippen LogP contribution in [0.25, 0.3) is 0 Å². The first-order chi connectivity index (χ1) is 14.0. The maximum atomic E-state index is 12.0. The van der Waals surface area contributed by atoms with Crippen LogP contribution in [-0.4, -0.2) is 57.8 Å². The summed E-state index contributed by atoms with van der Waals surface area (Å²) in [6, 6.07) is 5.60. The van der Waals surface area contributed by atoms with Crippen LogP contribution in [-0.2, 0) is 11.2 Å². The Balaban J connectivity index is 1.38. The first-order valence-corrected chi connectivity index (χ1v) is 10.2. The number of rotatable bonds is 4. The molecule has 8 nitrogen and oxygen atoms in total. The highest BCUT2D eigenvalue weighted by atomic mass is 35.5. The fourth-order valence-corrected chi connectivity index (χ4v) is 3.78. The molecule has 0 saturated carbocycles. The monoisotopic (exact) mass is 417 g/mol.